The number of rotatable bonds is 4. The van der Waals surface area contributed by atoms with Crippen molar-refractivity contribution < 1.29 is 8.42 Å². The smallest absolute Gasteiger partial charge is 0.246 e. The molecule has 0 unspecified atom stereocenters. The lowest BCUT2D eigenvalue weighted by Gasteiger charge is -2.33. The number of nitrogens with one attached hydrogen (secondary N) is 1. The fourth-order valence-electron chi connectivity index (χ4n) is 2.38. The van der Waals surface area contributed by atoms with Crippen LogP contribution < -0.4 is 0 Å². The van der Waals surface area contributed by atoms with E-state index in [-0.39, 0.29) is 0 Å². The van der Waals surface area contributed by atoms with Gasteiger partial charge in [-0.3, -0.25) is 10.00 Å². The highest BCUT2D eigenvalue weighted by atomic mass is 32.2. The lowest BCUT2D eigenvalue weighted by Crippen LogP contribution is -2.48. The van der Waals surface area contributed by atoms with Crippen LogP contribution in [-0.2, 0) is 10.0 Å². The van der Waals surface area contributed by atoms with Gasteiger partial charge in [-0.15, -0.1) is 6.58 Å². The predicted molar refractivity (Wildman–Crippen MR) is 73.5 cm³/mol. The largest absolute Gasteiger partial charge is 0.297 e. The Morgan fingerprint density at radius 1 is 1.32 bits per heavy atom. The molecule has 2 rings (SSSR count). The zero-order valence-corrected chi connectivity index (χ0v) is 12.2. The molecule has 106 valence electrons. The molecule has 0 amide bonds. The van der Waals surface area contributed by atoms with Crippen molar-refractivity contribution in [1.29, 1.82) is 0 Å². The van der Waals surface area contributed by atoms with E-state index in [1.807, 2.05) is 6.08 Å². The Kier molecular flexibility index (Phi) is 4.07. The number of nitrogens with zero attached hydrogens (tertiary/aromatic N) is 3. The van der Waals surface area contributed by atoms with Crippen molar-refractivity contribution in [3.63, 3.8) is 0 Å². The molecule has 1 saturated heterocycles. The van der Waals surface area contributed by atoms with Crippen molar-refractivity contribution in [2.24, 2.45) is 0 Å². The van der Waals surface area contributed by atoms with E-state index in [9.17, 15) is 8.42 Å². The second-order valence-corrected chi connectivity index (χ2v) is 6.63. The monoisotopic (exact) mass is 284 g/mol. The number of H-pyrrole nitrogens is 1. The molecule has 1 fully saturated rings. The number of sulfonamides is 1. The molecule has 0 atom stereocenters. The number of aryl methyl sites for hydroxylation is 2. The molecule has 1 aromatic heterocycles. The second kappa shape index (κ2) is 5.44. The maximum atomic E-state index is 12.6. The summed E-state index contributed by atoms with van der Waals surface area (Å²) in [5, 5.41) is 6.70. The molecule has 0 spiro atoms. The van der Waals surface area contributed by atoms with Gasteiger partial charge in [0.05, 0.1) is 11.4 Å². The third kappa shape index (κ3) is 2.72. The molecule has 2 heterocycles. The van der Waals surface area contributed by atoms with Gasteiger partial charge in [-0.2, -0.15) is 9.40 Å². The van der Waals surface area contributed by atoms with Gasteiger partial charge in [0.2, 0.25) is 10.0 Å². The summed E-state index contributed by atoms with van der Waals surface area (Å²) in [7, 11) is -3.43. The fourth-order valence-corrected chi connectivity index (χ4v) is 4.14. The average molecular weight is 284 g/mol. The first-order valence-corrected chi connectivity index (χ1v) is 7.75. The standard InChI is InChI=1S/C12H20N4O2S/c1-4-5-15-6-8-16(9-7-15)19(17,18)12-10(2)13-14-11(12)3/h4H,1,5-9H2,2-3H3,(H,13,14). The Morgan fingerprint density at radius 2 is 1.95 bits per heavy atom. The Hall–Kier alpha value is -1.18. The van der Waals surface area contributed by atoms with Crippen molar-refractivity contribution in [3.05, 3.63) is 24.0 Å². The van der Waals surface area contributed by atoms with Crippen LogP contribution in [0, 0.1) is 13.8 Å². The molecule has 1 aliphatic heterocycles. The lowest BCUT2D eigenvalue weighted by atomic mass is 10.3. The molecule has 6 nitrogen and oxygen atoms in total. The minimum Gasteiger partial charge on any atom is -0.297 e. The van der Waals surface area contributed by atoms with Gasteiger partial charge in [0.1, 0.15) is 4.90 Å². The average Bonchev–Trinajstić information content (AvgIpc) is 2.70. The molecule has 0 saturated carbocycles. The van der Waals surface area contributed by atoms with Crippen molar-refractivity contribution in [1.82, 2.24) is 19.4 Å². The zero-order chi connectivity index (χ0) is 14.0. The minimum atomic E-state index is -3.43. The van der Waals surface area contributed by atoms with Gasteiger partial charge in [-0.1, -0.05) is 6.08 Å². The first-order valence-electron chi connectivity index (χ1n) is 6.31. The van der Waals surface area contributed by atoms with E-state index in [0.717, 1.165) is 19.6 Å². The highest BCUT2D eigenvalue weighted by molar-refractivity contribution is 7.89. The van der Waals surface area contributed by atoms with E-state index in [1.165, 1.54) is 4.31 Å². The Bertz CT molecular complexity index is 537. The first-order chi connectivity index (χ1) is 8.96. The third-order valence-electron chi connectivity index (χ3n) is 3.38. The van der Waals surface area contributed by atoms with Gasteiger partial charge in [0.25, 0.3) is 0 Å². The van der Waals surface area contributed by atoms with E-state index in [2.05, 4.69) is 21.7 Å². The summed E-state index contributed by atoms with van der Waals surface area (Å²) >= 11 is 0. The van der Waals surface area contributed by atoms with Crippen LogP contribution in [0.3, 0.4) is 0 Å². The first kappa shape index (κ1) is 14.2. The van der Waals surface area contributed by atoms with Gasteiger partial charge in [-0.25, -0.2) is 8.42 Å². The summed E-state index contributed by atoms with van der Waals surface area (Å²) in [5.74, 6) is 0. The van der Waals surface area contributed by atoms with Gasteiger partial charge in [-0.05, 0) is 13.8 Å². The van der Waals surface area contributed by atoms with Crippen LogP contribution in [-0.4, -0.2) is 60.5 Å². The summed E-state index contributed by atoms with van der Waals surface area (Å²) in [4.78, 5) is 2.51. The van der Waals surface area contributed by atoms with Crippen LogP contribution in [0.5, 0.6) is 0 Å². The van der Waals surface area contributed by atoms with Gasteiger partial charge < -0.3 is 0 Å². The number of piperazine rings is 1. The van der Waals surface area contributed by atoms with Crippen molar-refractivity contribution in [2.75, 3.05) is 32.7 Å². The summed E-state index contributed by atoms with van der Waals surface area (Å²) in [6.07, 6.45) is 1.84. The van der Waals surface area contributed by atoms with Crippen LogP contribution in [0.1, 0.15) is 11.4 Å². The Labute approximate surface area is 114 Å². The fraction of sp³-hybridized carbons (Fsp3) is 0.583. The van der Waals surface area contributed by atoms with Crippen molar-refractivity contribution >= 4 is 10.0 Å². The van der Waals surface area contributed by atoms with Crippen LogP contribution in [0.15, 0.2) is 17.6 Å². The Balaban J connectivity index is 2.17. The van der Waals surface area contributed by atoms with E-state index in [1.54, 1.807) is 13.8 Å². The quantitative estimate of drug-likeness (QED) is 0.818. The molecule has 0 bridgehead atoms. The van der Waals surface area contributed by atoms with Crippen molar-refractivity contribution in [3.8, 4) is 0 Å². The van der Waals surface area contributed by atoms with Crippen LogP contribution in [0.25, 0.3) is 0 Å². The highest BCUT2D eigenvalue weighted by Gasteiger charge is 2.31. The van der Waals surface area contributed by atoms with Gasteiger partial charge in [0.15, 0.2) is 0 Å². The summed E-state index contributed by atoms with van der Waals surface area (Å²) in [5.41, 5.74) is 1.14. The maximum Gasteiger partial charge on any atom is 0.246 e. The third-order valence-corrected chi connectivity index (χ3v) is 5.54. The molecule has 1 N–H and O–H groups in total. The highest BCUT2D eigenvalue weighted by Crippen LogP contribution is 2.22. The molecule has 0 aromatic carbocycles. The van der Waals surface area contributed by atoms with E-state index >= 15 is 0 Å². The number of aromatic amines is 1. The topological polar surface area (TPSA) is 69.3 Å². The zero-order valence-electron chi connectivity index (χ0n) is 11.4. The SMILES string of the molecule is C=CCN1CCN(S(=O)(=O)c2c(C)n[nH]c2C)CC1. The second-order valence-electron chi connectivity index (χ2n) is 4.76. The summed E-state index contributed by atoms with van der Waals surface area (Å²) in [6.45, 7) is 10.5. The van der Waals surface area contributed by atoms with Crippen LogP contribution in [0.4, 0.5) is 0 Å². The summed E-state index contributed by atoms with van der Waals surface area (Å²) < 4.78 is 26.7. The summed E-state index contributed by atoms with van der Waals surface area (Å²) in [6, 6.07) is 0. The van der Waals surface area contributed by atoms with Gasteiger partial charge >= 0.3 is 0 Å². The number of hydrogen-bond donors (Lipinski definition) is 1. The number of hydrogen-bond acceptors (Lipinski definition) is 4. The van der Waals surface area contributed by atoms with Gasteiger partial charge in [0, 0.05) is 32.7 Å². The minimum absolute atomic E-state index is 0.324. The maximum absolute atomic E-state index is 12.6. The molecule has 1 aromatic rings. The predicted octanol–water partition coefficient (Wildman–Crippen LogP) is 0.519. The van der Waals surface area contributed by atoms with Crippen molar-refractivity contribution in [2.45, 2.75) is 18.7 Å². The molecular formula is C12H20N4O2S. The van der Waals surface area contributed by atoms with Crippen LogP contribution >= 0.6 is 0 Å². The molecule has 0 radical (unpaired) electrons. The van der Waals surface area contributed by atoms with Crippen LogP contribution in [0.2, 0.25) is 0 Å². The lowest BCUT2D eigenvalue weighted by molar-refractivity contribution is 0.204. The Morgan fingerprint density at radius 3 is 2.42 bits per heavy atom. The molecule has 0 aliphatic carbocycles. The molecular weight excluding hydrogens is 264 g/mol. The normalized spacial score (nSPS) is 18.6. The van der Waals surface area contributed by atoms with E-state index in [0.29, 0.717) is 29.4 Å². The molecule has 1 aliphatic rings. The molecule has 7 heteroatoms. The number of aromatic nitrogens is 2. The van der Waals surface area contributed by atoms with E-state index in [4.69, 9.17) is 0 Å². The molecule has 19 heavy (non-hydrogen) atoms. The van der Waals surface area contributed by atoms with E-state index < -0.39 is 10.0 Å².